The van der Waals surface area contributed by atoms with Crippen molar-refractivity contribution in [2.45, 2.75) is 52.2 Å². The summed E-state index contributed by atoms with van der Waals surface area (Å²) in [7, 11) is 1.60. The highest BCUT2D eigenvalue weighted by Gasteiger charge is 2.20. The summed E-state index contributed by atoms with van der Waals surface area (Å²) in [6, 6.07) is 7.22. The number of aliphatic hydroxyl groups is 1. The molecular weight excluding hydrogens is 344 g/mol. The predicted octanol–water partition coefficient (Wildman–Crippen LogP) is 3.06. The molecule has 0 aliphatic rings. The van der Waals surface area contributed by atoms with Crippen molar-refractivity contribution < 1.29 is 14.6 Å². The molecule has 2 aromatic rings. The first-order valence-electron chi connectivity index (χ1n) is 9.59. The molecule has 0 bridgehead atoms. The summed E-state index contributed by atoms with van der Waals surface area (Å²) >= 11 is 0. The Labute approximate surface area is 161 Å². The summed E-state index contributed by atoms with van der Waals surface area (Å²) in [5.41, 5.74) is 0.756. The smallest absolute Gasteiger partial charge is 0.293 e. The molecule has 27 heavy (non-hydrogen) atoms. The first-order chi connectivity index (χ1) is 13.1. The molecule has 0 aliphatic carbocycles. The second kappa shape index (κ2) is 10.7. The fourth-order valence-electron chi connectivity index (χ4n) is 2.74. The van der Waals surface area contributed by atoms with E-state index in [4.69, 9.17) is 4.74 Å². The van der Waals surface area contributed by atoms with Crippen LogP contribution in [0.4, 0.5) is 0 Å². The van der Waals surface area contributed by atoms with Gasteiger partial charge >= 0.3 is 0 Å². The summed E-state index contributed by atoms with van der Waals surface area (Å²) in [4.78, 5) is 18.7. The van der Waals surface area contributed by atoms with Crippen LogP contribution in [0.25, 0.3) is 0 Å². The summed E-state index contributed by atoms with van der Waals surface area (Å²) < 4.78 is 6.64. The maximum absolute atomic E-state index is 12.7. The van der Waals surface area contributed by atoms with E-state index in [-0.39, 0.29) is 18.3 Å². The summed E-state index contributed by atoms with van der Waals surface area (Å²) in [5.74, 6) is 0.776. The highest BCUT2D eigenvalue weighted by molar-refractivity contribution is 5.90. The van der Waals surface area contributed by atoms with Gasteiger partial charge in [-0.1, -0.05) is 38.8 Å². The Morgan fingerprint density at radius 3 is 2.37 bits per heavy atom. The first kappa shape index (κ1) is 20.9. The van der Waals surface area contributed by atoms with Gasteiger partial charge in [0.1, 0.15) is 12.1 Å². The number of amides is 1. The minimum atomic E-state index is -0.739. The summed E-state index contributed by atoms with van der Waals surface area (Å²) in [5, 5.41) is 14.7. The van der Waals surface area contributed by atoms with Crippen LogP contribution in [0.3, 0.4) is 0 Å². The summed E-state index contributed by atoms with van der Waals surface area (Å²) in [6.45, 7) is 5.89. The van der Waals surface area contributed by atoms with Crippen molar-refractivity contribution in [3.05, 3.63) is 42.0 Å². The molecule has 7 heteroatoms. The molecule has 1 atom stereocenters. The van der Waals surface area contributed by atoms with E-state index in [1.165, 1.54) is 11.0 Å². The Hall–Kier alpha value is -2.41. The molecule has 0 saturated carbocycles. The third-order valence-corrected chi connectivity index (χ3v) is 4.44. The molecule has 1 aromatic carbocycles. The van der Waals surface area contributed by atoms with E-state index >= 15 is 0 Å². The number of benzene rings is 1. The van der Waals surface area contributed by atoms with Crippen LogP contribution in [0, 0.1) is 0 Å². The Morgan fingerprint density at radius 2 is 1.81 bits per heavy atom. The number of carbonyl (C=O) groups excluding carboxylic acids is 1. The van der Waals surface area contributed by atoms with Gasteiger partial charge in [-0.3, -0.25) is 4.79 Å². The maximum Gasteiger partial charge on any atom is 0.293 e. The fraction of sp³-hybridized carbons (Fsp3) is 0.550. The van der Waals surface area contributed by atoms with Gasteiger partial charge in [0, 0.05) is 13.1 Å². The monoisotopic (exact) mass is 374 g/mol. The normalized spacial score (nSPS) is 12.0. The van der Waals surface area contributed by atoms with Gasteiger partial charge in [-0.25, -0.2) is 9.67 Å². The zero-order valence-electron chi connectivity index (χ0n) is 16.5. The van der Waals surface area contributed by atoms with E-state index in [2.05, 4.69) is 23.9 Å². The molecular formula is C20H30N4O3. The lowest BCUT2D eigenvalue weighted by Crippen LogP contribution is -2.33. The highest BCUT2D eigenvalue weighted by Crippen LogP contribution is 2.18. The zero-order valence-corrected chi connectivity index (χ0v) is 16.5. The van der Waals surface area contributed by atoms with Crippen molar-refractivity contribution >= 4 is 5.91 Å². The molecule has 0 fully saturated rings. The number of aliphatic hydroxyl groups excluding tert-OH is 1. The molecule has 1 aromatic heterocycles. The average molecular weight is 374 g/mol. The molecule has 0 saturated heterocycles. The van der Waals surface area contributed by atoms with Crippen molar-refractivity contribution in [2.75, 3.05) is 20.2 Å². The first-order valence-corrected chi connectivity index (χ1v) is 9.59. The van der Waals surface area contributed by atoms with E-state index in [1.54, 1.807) is 19.2 Å². The van der Waals surface area contributed by atoms with Gasteiger partial charge in [0.25, 0.3) is 5.91 Å². The van der Waals surface area contributed by atoms with Crippen LogP contribution in [0.1, 0.15) is 61.8 Å². The van der Waals surface area contributed by atoms with Crippen LogP contribution in [0.2, 0.25) is 0 Å². The molecule has 2 rings (SSSR count). The van der Waals surface area contributed by atoms with Crippen LogP contribution in [-0.4, -0.2) is 50.9 Å². The van der Waals surface area contributed by atoms with E-state index in [0.29, 0.717) is 0 Å². The highest BCUT2D eigenvalue weighted by atomic mass is 16.5. The number of methoxy groups -OCH3 is 1. The Kier molecular flexibility index (Phi) is 8.26. The average Bonchev–Trinajstić information content (AvgIpc) is 3.16. The molecule has 1 amide bonds. The zero-order chi connectivity index (χ0) is 19.6. The van der Waals surface area contributed by atoms with Crippen LogP contribution >= 0.6 is 0 Å². The van der Waals surface area contributed by atoms with Crippen LogP contribution in [0.5, 0.6) is 5.75 Å². The number of hydrogen-bond donors (Lipinski definition) is 1. The molecule has 1 heterocycles. The lowest BCUT2D eigenvalue weighted by Gasteiger charge is -2.20. The topological polar surface area (TPSA) is 80.5 Å². The largest absolute Gasteiger partial charge is 0.497 e. The fourth-order valence-corrected chi connectivity index (χ4v) is 2.74. The number of rotatable bonds is 11. The lowest BCUT2D eigenvalue weighted by molar-refractivity contribution is 0.0737. The predicted molar refractivity (Wildman–Crippen MR) is 104 cm³/mol. The lowest BCUT2D eigenvalue weighted by atomic mass is 10.1. The number of ether oxygens (including phenoxy) is 1. The molecule has 1 unspecified atom stereocenters. The van der Waals surface area contributed by atoms with Crippen molar-refractivity contribution in [3.8, 4) is 5.75 Å². The van der Waals surface area contributed by atoms with Crippen molar-refractivity contribution in [1.29, 1.82) is 0 Å². The number of aromatic nitrogens is 3. The van der Waals surface area contributed by atoms with Gasteiger partial charge in [-0.15, -0.1) is 5.10 Å². The number of unbranched alkanes of at least 4 members (excludes halogenated alkanes) is 2. The van der Waals surface area contributed by atoms with Crippen LogP contribution in [-0.2, 0) is 6.54 Å². The molecule has 1 N–H and O–H groups in total. The van der Waals surface area contributed by atoms with Gasteiger partial charge in [-0.05, 0) is 30.5 Å². The molecule has 0 spiro atoms. The van der Waals surface area contributed by atoms with Crippen molar-refractivity contribution in [3.63, 3.8) is 0 Å². The van der Waals surface area contributed by atoms with Crippen molar-refractivity contribution in [1.82, 2.24) is 19.7 Å². The quantitative estimate of drug-likeness (QED) is 0.654. The maximum atomic E-state index is 12.7. The van der Waals surface area contributed by atoms with E-state index in [1.807, 2.05) is 17.0 Å². The minimum Gasteiger partial charge on any atom is -0.497 e. The van der Waals surface area contributed by atoms with Gasteiger partial charge in [-0.2, -0.15) is 0 Å². The minimum absolute atomic E-state index is 0.144. The third kappa shape index (κ3) is 6.06. The van der Waals surface area contributed by atoms with Gasteiger partial charge in [0.15, 0.2) is 0 Å². The van der Waals surface area contributed by atoms with Gasteiger partial charge < -0.3 is 14.7 Å². The van der Waals surface area contributed by atoms with E-state index < -0.39 is 6.10 Å². The van der Waals surface area contributed by atoms with Crippen LogP contribution in [0.15, 0.2) is 30.6 Å². The van der Waals surface area contributed by atoms with Gasteiger partial charge in [0.05, 0.1) is 19.8 Å². The van der Waals surface area contributed by atoms with Gasteiger partial charge in [0.2, 0.25) is 5.82 Å². The molecule has 0 radical (unpaired) electrons. The third-order valence-electron chi connectivity index (χ3n) is 4.44. The molecule has 0 aliphatic heterocycles. The van der Waals surface area contributed by atoms with E-state index in [9.17, 15) is 9.90 Å². The molecule has 7 nitrogen and oxygen atoms in total. The second-order valence-electron chi connectivity index (χ2n) is 6.58. The Balaban J connectivity index is 2.01. The number of nitrogens with zero attached hydrogens (tertiary/aromatic N) is 4. The molecule has 148 valence electrons. The van der Waals surface area contributed by atoms with Crippen molar-refractivity contribution in [2.24, 2.45) is 0 Å². The number of hydrogen-bond acceptors (Lipinski definition) is 5. The second-order valence-corrected chi connectivity index (χ2v) is 6.58. The van der Waals surface area contributed by atoms with E-state index in [0.717, 1.165) is 50.1 Å². The van der Waals surface area contributed by atoms with Crippen LogP contribution < -0.4 is 4.74 Å². The number of carbonyl (C=O) groups is 1. The standard InChI is InChI=1S/C20H30N4O3/c1-4-6-12-23(13-7-5-2)20(26)19-21-15-24(22-19)14-18(25)16-8-10-17(27-3)11-9-16/h8-11,15,18,25H,4-7,12-14H2,1-3H3. The Morgan fingerprint density at radius 1 is 1.19 bits per heavy atom. The summed E-state index contributed by atoms with van der Waals surface area (Å²) in [6.07, 6.45) is 4.76. The Bertz CT molecular complexity index is 692. The SMILES string of the molecule is CCCCN(CCCC)C(=O)c1ncn(CC(O)c2ccc(OC)cc2)n1.